The molecule has 72 valence electrons. The lowest BCUT2D eigenvalue weighted by Crippen LogP contribution is -2.52. The smallest absolute Gasteiger partial charge is 0.329 e. The molecule has 2 fully saturated rings. The van der Waals surface area contributed by atoms with E-state index in [1.54, 1.807) is 0 Å². The zero-order chi connectivity index (χ0) is 9.64. The van der Waals surface area contributed by atoms with Crippen LogP contribution in [0.4, 0.5) is 0 Å². The zero-order valence-corrected chi connectivity index (χ0v) is 7.62. The first kappa shape index (κ1) is 8.53. The summed E-state index contributed by atoms with van der Waals surface area (Å²) in [4.78, 5) is 23.8. The van der Waals surface area contributed by atoms with Gasteiger partial charge in [-0.2, -0.15) is 0 Å². The van der Waals surface area contributed by atoms with E-state index in [-0.39, 0.29) is 5.91 Å². The van der Waals surface area contributed by atoms with Gasteiger partial charge >= 0.3 is 5.97 Å². The maximum atomic E-state index is 11.2. The minimum absolute atomic E-state index is 0.107. The summed E-state index contributed by atoms with van der Waals surface area (Å²) in [6, 6.07) is 0. The second-order valence-corrected chi connectivity index (χ2v) is 4.08. The molecule has 2 atom stereocenters. The van der Waals surface area contributed by atoms with Crippen molar-refractivity contribution in [2.24, 2.45) is 5.92 Å². The van der Waals surface area contributed by atoms with Crippen LogP contribution in [-0.4, -0.2) is 34.0 Å². The number of carbonyl (C=O) groups is 2. The van der Waals surface area contributed by atoms with Crippen LogP contribution in [0.2, 0.25) is 0 Å². The summed E-state index contributed by atoms with van der Waals surface area (Å²) in [5.74, 6) is -0.521. The van der Waals surface area contributed by atoms with E-state index >= 15 is 0 Å². The summed E-state index contributed by atoms with van der Waals surface area (Å²) in [6.07, 6.45) is 2.24. The van der Waals surface area contributed by atoms with Crippen molar-refractivity contribution < 1.29 is 14.7 Å². The van der Waals surface area contributed by atoms with Crippen molar-refractivity contribution in [3.05, 3.63) is 0 Å². The Labute approximate surface area is 76.5 Å². The summed E-state index contributed by atoms with van der Waals surface area (Å²) in [6.45, 7) is 2.09. The lowest BCUT2D eigenvalue weighted by atomic mass is 9.97. The monoisotopic (exact) mass is 183 g/mol. The zero-order valence-electron chi connectivity index (χ0n) is 7.62. The number of nitrogens with zero attached hydrogens (tertiary/aromatic N) is 1. The second-order valence-electron chi connectivity index (χ2n) is 4.08. The summed E-state index contributed by atoms with van der Waals surface area (Å²) >= 11 is 0. The summed E-state index contributed by atoms with van der Waals surface area (Å²) in [5, 5.41) is 9.12. The molecular weight excluding hydrogens is 170 g/mol. The Balaban J connectivity index is 2.32. The molecule has 4 nitrogen and oxygen atoms in total. The SMILES string of the molecule is CC(=O)N1CC2CCC1(C(=O)O)C2. The first-order valence-electron chi connectivity index (χ1n) is 4.58. The van der Waals surface area contributed by atoms with Crippen molar-refractivity contribution in [2.75, 3.05) is 6.54 Å². The standard InChI is InChI=1S/C9H13NO3/c1-6(11)10-5-7-2-3-9(10,4-7)8(12)13/h7H,2-5H2,1H3,(H,12,13). The highest BCUT2D eigenvalue weighted by Crippen LogP contribution is 2.46. The Morgan fingerprint density at radius 1 is 1.54 bits per heavy atom. The molecule has 1 aliphatic heterocycles. The summed E-state index contributed by atoms with van der Waals surface area (Å²) in [5.41, 5.74) is -0.851. The third kappa shape index (κ3) is 0.975. The number of carboxylic acid groups (broad SMARTS) is 1. The molecule has 2 unspecified atom stereocenters. The number of fused-ring (bicyclic) bond motifs is 2. The first-order chi connectivity index (χ1) is 6.06. The first-order valence-corrected chi connectivity index (χ1v) is 4.58. The number of carboxylic acids is 1. The normalized spacial score (nSPS) is 36.7. The number of piperidine rings is 1. The van der Waals surface area contributed by atoms with Crippen molar-refractivity contribution in [3.63, 3.8) is 0 Å². The highest BCUT2D eigenvalue weighted by atomic mass is 16.4. The molecule has 1 aliphatic carbocycles. The number of aliphatic carboxylic acids is 1. The third-order valence-corrected chi connectivity index (χ3v) is 3.33. The van der Waals surface area contributed by atoms with Crippen LogP contribution in [0, 0.1) is 5.92 Å². The maximum absolute atomic E-state index is 11.2. The van der Waals surface area contributed by atoms with Gasteiger partial charge in [0.1, 0.15) is 5.54 Å². The average Bonchev–Trinajstić information content (AvgIpc) is 2.60. The van der Waals surface area contributed by atoms with E-state index in [9.17, 15) is 9.59 Å². The van der Waals surface area contributed by atoms with Gasteiger partial charge in [-0.05, 0) is 25.2 Å². The number of hydrogen-bond donors (Lipinski definition) is 1. The van der Waals surface area contributed by atoms with Gasteiger partial charge in [0, 0.05) is 13.5 Å². The minimum Gasteiger partial charge on any atom is -0.479 e. The number of rotatable bonds is 1. The Hall–Kier alpha value is -1.06. The van der Waals surface area contributed by atoms with Gasteiger partial charge in [-0.3, -0.25) is 4.79 Å². The highest BCUT2D eigenvalue weighted by Gasteiger charge is 2.56. The summed E-state index contributed by atoms with van der Waals surface area (Å²) < 4.78 is 0. The Kier molecular flexibility index (Phi) is 1.62. The molecule has 2 rings (SSSR count). The highest BCUT2D eigenvalue weighted by molar-refractivity contribution is 5.87. The fraction of sp³-hybridized carbons (Fsp3) is 0.778. The minimum atomic E-state index is -0.851. The van der Waals surface area contributed by atoms with Crippen LogP contribution >= 0.6 is 0 Å². The molecule has 0 spiro atoms. The molecule has 2 bridgehead atoms. The molecule has 0 aromatic carbocycles. The van der Waals surface area contributed by atoms with E-state index in [1.165, 1.54) is 11.8 Å². The largest absolute Gasteiger partial charge is 0.479 e. The number of likely N-dealkylation sites (tertiary alicyclic amines) is 1. The molecular formula is C9H13NO3. The lowest BCUT2D eigenvalue weighted by molar-refractivity contribution is -0.156. The molecule has 2 aliphatic rings. The molecule has 1 N–H and O–H groups in total. The van der Waals surface area contributed by atoms with Gasteiger partial charge in [-0.25, -0.2) is 4.79 Å². The fourth-order valence-electron chi connectivity index (χ4n) is 2.70. The summed E-state index contributed by atoms with van der Waals surface area (Å²) in [7, 11) is 0. The van der Waals surface area contributed by atoms with Gasteiger partial charge < -0.3 is 10.0 Å². The van der Waals surface area contributed by atoms with E-state index in [0.717, 1.165) is 6.42 Å². The third-order valence-electron chi connectivity index (χ3n) is 3.33. The van der Waals surface area contributed by atoms with Crippen molar-refractivity contribution in [1.82, 2.24) is 4.90 Å². The molecule has 0 aromatic heterocycles. The van der Waals surface area contributed by atoms with Gasteiger partial charge in [0.25, 0.3) is 0 Å². The van der Waals surface area contributed by atoms with E-state index in [4.69, 9.17) is 5.11 Å². The molecule has 0 aromatic rings. The lowest BCUT2D eigenvalue weighted by Gasteiger charge is -2.34. The number of hydrogen-bond acceptors (Lipinski definition) is 2. The average molecular weight is 183 g/mol. The van der Waals surface area contributed by atoms with Crippen molar-refractivity contribution in [3.8, 4) is 0 Å². The van der Waals surface area contributed by atoms with E-state index in [1.807, 2.05) is 0 Å². The predicted octanol–water partition coefficient (Wildman–Crippen LogP) is 0.472. The van der Waals surface area contributed by atoms with E-state index < -0.39 is 11.5 Å². The van der Waals surface area contributed by atoms with Gasteiger partial charge in [0.05, 0.1) is 0 Å². The van der Waals surface area contributed by atoms with Crippen LogP contribution in [-0.2, 0) is 9.59 Å². The molecule has 1 saturated carbocycles. The molecule has 4 heteroatoms. The number of amides is 1. The quantitative estimate of drug-likeness (QED) is 0.643. The van der Waals surface area contributed by atoms with Crippen LogP contribution in [0.3, 0.4) is 0 Å². The Morgan fingerprint density at radius 3 is 2.62 bits per heavy atom. The topological polar surface area (TPSA) is 57.6 Å². The van der Waals surface area contributed by atoms with Gasteiger partial charge in [-0.15, -0.1) is 0 Å². The molecule has 0 radical (unpaired) electrons. The van der Waals surface area contributed by atoms with Gasteiger partial charge in [-0.1, -0.05) is 0 Å². The Bertz CT molecular complexity index is 276. The van der Waals surface area contributed by atoms with Crippen molar-refractivity contribution in [2.45, 2.75) is 31.7 Å². The van der Waals surface area contributed by atoms with Crippen LogP contribution in [0.1, 0.15) is 26.2 Å². The van der Waals surface area contributed by atoms with E-state index in [0.29, 0.717) is 25.3 Å². The molecule has 1 amide bonds. The maximum Gasteiger partial charge on any atom is 0.329 e. The van der Waals surface area contributed by atoms with E-state index in [2.05, 4.69) is 0 Å². The van der Waals surface area contributed by atoms with Gasteiger partial charge in [0.15, 0.2) is 0 Å². The van der Waals surface area contributed by atoms with Gasteiger partial charge in [0.2, 0.25) is 5.91 Å². The van der Waals surface area contributed by atoms with Crippen LogP contribution < -0.4 is 0 Å². The predicted molar refractivity (Wildman–Crippen MR) is 45.1 cm³/mol. The molecule has 1 heterocycles. The van der Waals surface area contributed by atoms with Crippen molar-refractivity contribution >= 4 is 11.9 Å². The second kappa shape index (κ2) is 2.47. The van der Waals surface area contributed by atoms with Crippen LogP contribution in [0.5, 0.6) is 0 Å². The Morgan fingerprint density at radius 2 is 2.23 bits per heavy atom. The van der Waals surface area contributed by atoms with Crippen molar-refractivity contribution in [1.29, 1.82) is 0 Å². The number of carbonyl (C=O) groups excluding carboxylic acids is 1. The fourth-order valence-corrected chi connectivity index (χ4v) is 2.70. The van der Waals surface area contributed by atoms with Crippen LogP contribution in [0.25, 0.3) is 0 Å². The molecule has 13 heavy (non-hydrogen) atoms. The van der Waals surface area contributed by atoms with Crippen LogP contribution in [0.15, 0.2) is 0 Å². The molecule has 1 saturated heterocycles.